The van der Waals surface area contributed by atoms with Gasteiger partial charge in [-0.05, 0) is 5.92 Å². The van der Waals surface area contributed by atoms with Crippen LogP contribution in [0, 0.1) is 18.3 Å². The van der Waals surface area contributed by atoms with Crippen molar-refractivity contribution < 1.29 is 8.78 Å². The Bertz CT molecular complexity index is 156. The van der Waals surface area contributed by atoms with Crippen LogP contribution < -0.4 is 0 Å². The SMILES string of the molecule is C#CCC1CN(CC(F)F)C1. The normalized spacial score (nSPS) is 19.8. The lowest BCUT2D eigenvalue weighted by atomic mass is 9.97. The van der Waals surface area contributed by atoms with Crippen molar-refractivity contribution >= 4 is 0 Å². The van der Waals surface area contributed by atoms with E-state index in [0.29, 0.717) is 5.92 Å². The lowest BCUT2D eigenvalue weighted by molar-refractivity contribution is 0.0269. The van der Waals surface area contributed by atoms with Gasteiger partial charge in [0.2, 0.25) is 0 Å². The molecule has 1 nitrogen and oxygen atoms in total. The molecule has 1 fully saturated rings. The number of halogens is 2. The molecule has 0 bridgehead atoms. The summed E-state index contributed by atoms with van der Waals surface area (Å²) in [5.41, 5.74) is 0. The number of likely N-dealkylation sites (tertiary alicyclic amines) is 1. The molecule has 0 unspecified atom stereocenters. The molecule has 1 aliphatic rings. The second kappa shape index (κ2) is 3.68. The second-order valence-electron chi connectivity index (χ2n) is 2.88. The maximum Gasteiger partial charge on any atom is 0.251 e. The van der Waals surface area contributed by atoms with Crippen molar-refractivity contribution in [3.05, 3.63) is 0 Å². The van der Waals surface area contributed by atoms with Crippen LogP contribution in [-0.2, 0) is 0 Å². The third-order valence-electron chi connectivity index (χ3n) is 1.84. The maximum atomic E-state index is 11.7. The molecule has 0 amide bonds. The van der Waals surface area contributed by atoms with Gasteiger partial charge in [0.15, 0.2) is 0 Å². The minimum Gasteiger partial charge on any atom is -0.297 e. The van der Waals surface area contributed by atoms with Crippen molar-refractivity contribution in [2.75, 3.05) is 19.6 Å². The molecule has 1 aliphatic heterocycles. The van der Waals surface area contributed by atoms with Gasteiger partial charge >= 0.3 is 0 Å². The zero-order chi connectivity index (χ0) is 8.27. The Morgan fingerprint density at radius 3 is 2.64 bits per heavy atom. The fourth-order valence-electron chi connectivity index (χ4n) is 1.32. The summed E-state index contributed by atoms with van der Waals surface area (Å²) in [6.07, 6.45) is 3.58. The molecular weight excluding hydrogens is 148 g/mol. The predicted molar refractivity (Wildman–Crippen MR) is 39.4 cm³/mol. The first-order valence-electron chi connectivity index (χ1n) is 3.66. The summed E-state index contributed by atoms with van der Waals surface area (Å²) in [5.74, 6) is 2.99. The fraction of sp³-hybridized carbons (Fsp3) is 0.750. The molecule has 1 rings (SSSR count). The standard InChI is InChI=1S/C8H11F2N/c1-2-3-7-4-11(5-7)6-8(9)10/h1,7-8H,3-6H2. The number of terminal acetylenes is 1. The van der Waals surface area contributed by atoms with Gasteiger partial charge in [0, 0.05) is 19.5 Å². The van der Waals surface area contributed by atoms with Crippen LogP contribution in [0.3, 0.4) is 0 Å². The molecule has 0 spiro atoms. The third kappa shape index (κ3) is 2.47. The van der Waals surface area contributed by atoms with Crippen molar-refractivity contribution in [2.24, 2.45) is 5.92 Å². The summed E-state index contributed by atoms with van der Waals surface area (Å²) >= 11 is 0. The van der Waals surface area contributed by atoms with Crippen LogP contribution in [-0.4, -0.2) is 31.0 Å². The highest BCUT2D eigenvalue weighted by Gasteiger charge is 2.27. The highest BCUT2D eigenvalue weighted by Crippen LogP contribution is 2.18. The summed E-state index contributed by atoms with van der Waals surface area (Å²) < 4.78 is 23.5. The van der Waals surface area contributed by atoms with Crippen molar-refractivity contribution in [3.8, 4) is 12.3 Å². The van der Waals surface area contributed by atoms with E-state index in [-0.39, 0.29) is 6.54 Å². The number of rotatable bonds is 3. The van der Waals surface area contributed by atoms with Crippen LogP contribution in [0.15, 0.2) is 0 Å². The second-order valence-corrected chi connectivity index (χ2v) is 2.88. The number of hydrogen-bond donors (Lipinski definition) is 0. The summed E-state index contributed by atoms with van der Waals surface area (Å²) in [5, 5.41) is 0. The van der Waals surface area contributed by atoms with Crippen molar-refractivity contribution in [2.45, 2.75) is 12.8 Å². The van der Waals surface area contributed by atoms with Crippen LogP contribution in [0.2, 0.25) is 0 Å². The number of nitrogens with zero attached hydrogens (tertiary/aromatic N) is 1. The van der Waals surface area contributed by atoms with Crippen LogP contribution in [0.1, 0.15) is 6.42 Å². The number of hydrogen-bond acceptors (Lipinski definition) is 1. The zero-order valence-electron chi connectivity index (χ0n) is 6.26. The van der Waals surface area contributed by atoms with Crippen LogP contribution in [0.5, 0.6) is 0 Å². The third-order valence-corrected chi connectivity index (χ3v) is 1.84. The minimum atomic E-state index is -2.21. The molecule has 3 heteroatoms. The summed E-state index contributed by atoms with van der Waals surface area (Å²) in [6.45, 7) is 1.39. The van der Waals surface area contributed by atoms with Gasteiger partial charge in [-0.1, -0.05) is 0 Å². The molecule has 0 saturated carbocycles. The van der Waals surface area contributed by atoms with E-state index in [9.17, 15) is 8.78 Å². The van der Waals surface area contributed by atoms with Gasteiger partial charge < -0.3 is 0 Å². The lowest BCUT2D eigenvalue weighted by Crippen LogP contribution is -2.48. The first-order valence-corrected chi connectivity index (χ1v) is 3.66. The molecule has 0 radical (unpaired) electrons. The zero-order valence-corrected chi connectivity index (χ0v) is 6.26. The molecule has 0 aliphatic carbocycles. The Balaban J connectivity index is 2.06. The molecule has 0 atom stereocenters. The van der Waals surface area contributed by atoms with Crippen molar-refractivity contribution in [1.82, 2.24) is 4.90 Å². The van der Waals surface area contributed by atoms with E-state index >= 15 is 0 Å². The largest absolute Gasteiger partial charge is 0.297 e. The van der Waals surface area contributed by atoms with E-state index in [0.717, 1.165) is 19.5 Å². The molecule has 11 heavy (non-hydrogen) atoms. The van der Waals surface area contributed by atoms with Crippen LogP contribution in [0.25, 0.3) is 0 Å². The van der Waals surface area contributed by atoms with Crippen LogP contribution in [0.4, 0.5) is 8.78 Å². The molecular formula is C8H11F2N. The Morgan fingerprint density at radius 2 is 2.18 bits per heavy atom. The summed E-state index contributed by atoms with van der Waals surface area (Å²) in [4.78, 5) is 1.73. The summed E-state index contributed by atoms with van der Waals surface area (Å²) in [7, 11) is 0. The van der Waals surface area contributed by atoms with Gasteiger partial charge in [0.1, 0.15) is 0 Å². The van der Waals surface area contributed by atoms with Crippen LogP contribution >= 0.6 is 0 Å². The molecule has 1 saturated heterocycles. The van der Waals surface area contributed by atoms with Gasteiger partial charge in [0.05, 0.1) is 6.54 Å². The van der Waals surface area contributed by atoms with Gasteiger partial charge in [-0.2, -0.15) is 0 Å². The molecule has 62 valence electrons. The molecule has 1 heterocycles. The smallest absolute Gasteiger partial charge is 0.251 e. The first-order chi connectivity index (χ1) is 5.22. The minimum absolute atomic E-state index is 0.0962. The quantitative estimate of drug-likeness (QED) is 0.559. The Hall–Kier alpha value is -0.620. The van der Waals surface area contributed by atoms with E-state index < -0.39 is 6.43 Å². The Labute approximate surface area is 65.4 Å². The molecule has 0 aromatic rings. The van der Waals surface area contributed by atoms with E-state index in [2.05, 4.69) is 5.92 Å². The fourth-order valence-corrected chi connectivity index (χ4v) is 1.32. The van der Waals surface area contributed by atoms with E-state index in [1.165, 1.54) is 0 Å². The Kier molecular flexibility index (Phi) is 2.84. The number of alkyl halides is 2. The molecule has 0 aromatic carbocycles. The van der Waals surface area contributed by atoms with E-state index in [1.54, 1.807) is 4.90 Å². The van der Waals surface area contributed by atoms with E-state index in [1.807, 2.05) is 0 Å². The highest BCUT2D eigenvalue weighted by molar-refractivity contribution is 4.92. The predicted octanol–water partition coefficient (Wildman–Crippen LogP) is 1.21. The average Bonchev–Trinajstić information content (AvgIpc) is 1.82. The van der Waals surface area contributed by atoms with Gasteiger partial charge in [-0.3, -0.25) is 4.90 Å². The van der Waals surface area contributed by atoms with Gasteiger partial charge in [-0.15, -0.1) is 12.3 Å². The Morgan fingerprint density at radius 1 is 1.55 bits per heavy atom. The summed E-state index contributed by atoms with van der Waals surface area (Å²) in [6, 6.07) is 0. The average molecular weight is 159 g/mol. The van der Waals surface area contributed by atoms with E-state index in [4.69, 9.17) is 6.42 Å². The monoisotopic (exact) mass is 159 g/mol. The topological polar surface area (TPSA) is 3.24 Å². The van der Waals surface area contributed by atoms with Crippen molar-refractivity contribution in [1.29, 1.82) is 0 Å². The first kappa shape index (κ1) is 8.48. The van der Waals surface area contributed by atoms with Gasteiger partial charge in [-0.25, -0.2) is 8.78 Å². The molecule has 0 N–H and O–H groups in total. The maximum absolute atomic E-state index is 11.7. The molecule has 0 aromatic heterocycles. The highest BCUT2D eigenvalue weighted by atomic mass is 19.3. The van der Waals surface area contributed by atoms with Crippen molar-refractivity contribution in [3.63, 3.8) is 0 Å². The van der Waals surface area contributed by atoms with Gasteiger partial charge in [0.25, 0.3) is 6.43 Å². The lowest BCUT2D eigenvalue weighted by Gasteiger charge is -2.38.